The monoisotopic (exact) mass is 418 g/mol. The van der Waals surface area contributed by atoms with Gasteiger partial charge in [0.05, 0.1) is 0 Å². The third kappa shape index (κ3) is 25.8. The van der Waals surface area contributed by atoms with E-state index in [1.165, 1.54) is 148 Å². The van der Waals surface area contributed by atoms with Crippen molar-refractivity contribution in [1.82, 2.24) is 0 Å². The van der Waals surface area contributed by atoms with Crippen LogP contribution in [0.2, 0.25) is 0 Å². The van der Waals surface area contributed by atoms with Crippen LogP contribution in [0.25, 0.3) is 0 Å². The van der Waals surface area contributed by atoms with Crippen molar-refractivity contribution in [3.63, 3.8) is 0 Å². The van der Waals surface area contributed by atoms with E-state index in [1.807, 2.05) is 6.08 Å². The van der Waals surface area contributed by atoms with E-state index >= 15 is 0 Å². The normalized spacial score (nSPS) is 12.8. The molecule has 0 aromatic heterocycles. The SMILES string of the molecule is [CH2]/C=C/CCCCCCCCCCCCCCCCCCCCCC(C)CCC[CH2]. The van der Waals surface area contributed by atoms with Crippen molar-refractivity contribution >= 4 is 0 Å². The van der Waals surface area contributed by atoms with E-state index in [2.05, 4.69) is 26.8 Å². The third-order valence-electron chi connectivity index (χ3n) is 6.68. The van der Waals surface area contributed by atoms with Gasteiger partial charge < -0.3 is 0 Å². The van der Waals surface area contributed by atoms with Gasteiger partial charge >= 0.3 is 0 Å². The Hall–Kier alpha value is -0.260. The van der Waals surface area contributed by atoms with E-state index in [9.17, 15) is 0 Å². The highest BCUT2D eigenvalue weighted by Crippen LogP contribution is 2.18. The van der Waals surface area contributed by atoms with Gasteiger partial charge in [0.2, 0.25) is 0 Å². The molecule has 0 aliphatic carbocycles. The first-order valence-electron chi connectivity index (χ1n) is 14.0. The Morgan fingerprint density at radius 3 is 1.20 bits per heavy atom. The highest BCUT2D eigenvalue weighted by atomic mass is 14.1. The van der Waals surface area contributed by atoms with Gasteiger partial charge in [-0.2, -0.15) is 0 Å². The van der Waals surface area contributed by atoms with Gasteiger partial charge in [-0.25, -0.2) is 0 Å². The lowest BCUT2D eigenvalue weighted by atomic mass is 9.97. The summed E-state index contributed by atoms with van der Waals surface area (Å²) in [5.74, 6) is 0.924. The second-order valence-corrected chi connectivity index (χ2v) is 9.87. The van der Waals surface area contributed by atoms with Crippen LogP contribution in [0.5, 0.6) is 0 Å². The molecule has 0 aromatic rings. The summed E-state index contributed by atoms with van der Waals surface area (Å²) < 4.78 is 0. The van der Waals surface area contributed by atoms with E-state index in [0.29, 0.717) is 0 Å². The summed E-state index contributed by atoms with van der Waals surface area (Å²) in [6, 6.07) is 0. The summed E-state index contributed by atoms with van der Waals surface area (Å²) in [6.45, 7) is 10.1. The molecule has 0 saturated carbocycles. The van der Waals surface area contributed by atoms with Crippen LogP contribution >= 0.6 is 0 Å². The highest BCUT2D eigenvalue weighted by molar-refractivity contribution is 4.83. The second-order valence-electron chi connectivity index (χ2n) is 9.87. The number of hydrogen-bond donors (Lipinski definition) is 0. The molecule has 2 radical (unpaired) electrons. The first kappa shape index (κ1) is 29.7. The van der Waals surface area contributed by atoms with Crippen LogP contribution in [0, 0.1) is 19.8 Å². The molecule has 0 amide bonds. The molecule has 0 bridgehead atoms. The molecule has 0 N–H and O–H groups in total. The maximum Gasteiger partial charge on any atom is -0.0316 e. The molecule has 0 fully saturated rings. The van der Waals surface area contributed by atoms with E-state index in [0.717, 1.165) is 12.3 Å². The molecular formula is C30H58. The van der Waals surface area contributed by atoms with Gasteiger partial charge in [0.15, 0.2) is 0 Å². The molecule has 0 nitrogen and oxygen atoms in total. The van der Waals surface area contributed by atoms with Crippen LogP contribution in [-0.4, -0.2) is 0 Å². The van der Waals surface area contributed by atoms with Gasteiger partial charge in [-0.05, 0) is 25.7 Å². The summed E-state index contributed by atoms with van der Waals surface area (Å²) in [6.07, 6.45) is 38.3. The molecular weight excluding hydrogens is 360 g/mol. The molecule has 0 rings (SSSR count). The molecule has 0 aliphatic heterocycles. The molecule has 1 atom stereocenters. The predicted octanol–water partition coefficient (Wildman–Crippen LogP) is 11.2. The number of hydrogen-bond acceptors (Lipinski definition) is 0. The van der Waals surface area contributed by atoms with E-state index < -0.39 is 0 Å². The van der Waals surface area contributed by atoms with Crippen LogP contribution in [0.1, 0.15) is 161 Å². The van der Waals surface area contributed by atoms with Gasteiger partial charge in [0, 0.05) is 0 Å². The number of allylic oxidation sites excluding steroid dienone is 2. The average molecular weight is 419 g/mol. The second kappa shape index (κ2) is 26.8. The summed E-state index contributed by atoms with van der Waals surface area (Å²) in [4.78, 5) is 0. The van der Waals surface area contributed by atoms with Crippen molar-refractivity contribution in [2.24, 2.45) is 5.92 Å². The Labute approximate surface area is 193 Å². The third-order valence-corrected chi connectivity index (χ3v) is 6.68. The van der Waals surface area contributed by atoms with Gasteiger partial charge in [0.1, 0.15) is 0 Å². The Balaban J connectivity index is 3.05. The van der Waals surface area contributed by atoms with E-state index in [1.54, 1.807) is 0 Å². The van der Waals surface area contributed by atoms with Crippen molar-refractivity contribution in [2.75, 3.05) is 0 Å². The fourth-order valence-electron chi connectivity index (χ4n) is 4.52. The van der Waals surface area contributed by atoms with Crippen LogP contribution < -0.4 is 0 Å². The Morgan fingerprint density at radius 2 is 0.833 bits per heavy atom. The maximum absolute atomic E-state index is 3.95. The standard InChI is InChI=1S/C30H58/c1-4-6-8-9-10-11-12-13-14-15-16-17-18-19-20-21-22-23-24-25-26-27-29-30(3)28-7-5-2/h4,6,30H,1-2,5,7-29H2,3H3/b6-4+. The smallest absolute Gasteiger partial charge is 0.0316 e. The maximum atomic E-state index is 3.95. The zero-order valence-corrected chi connectivity index (χ0v) is 21.1. The first-order chi connectivity index (χ1) is 14.8. The summed E-state index contributed by atoms with van der Waals surface area (Å²) in [7, 11) is 0. The lowest BCUT2D eigenvalue weighted by Crippen LogP contribution is -1.94. The van der Waals surface area contributed by atoms with Crippen molar-refractivity contribution in [3.05, 3.63) is 26.0 Å². The minimum atomic E-state index is 0.924. The number of rotatable bonds is 25. The van der Waals surface area contributed by atoms with Gasteiger partial charge in [-0.1, -0.05) is 167 Å². The average Bonchev–Trinajstić information content (AvgIpc) is 2.75. The lowest BCUT2D eigenvalue weighted by Gasteiger charge is -2.10. The zero-order chi connectivity index (χ0) is 22.0. The lowest BCUT2D eigenvalue weighted by molar-refractivity contribution is 0.443. The Morgan fingerprint density at radius 1 is 0.500 bits per heavy atom. The van der Waals surface area contributed by atoms with Crippen LogP contribution in [0.4, 0.5) is 0 Å². The van der Waals surface area contributed by atoms with Gasteiger partial charge in [-0.3, -0.25) is 0 Å². The Bertz CT molecular complexity index is 316. The summed E-state index contributed by atoms with van der Waals surface area (Å²) >= 11 is 0. The molecule has 0 aliphatic rings. The molecule has 0 aromatic carbocycles. The van der Waals surface area contributed by atoms with Crippen molar-refractivity contribution in [1.29, 1.82) is 0 Å². The molecule has 0 saturated heterocycles. The highest BCUT2D eigenvalue weighted by Gasteiger charge is 2.01. The fourth-order valence-corrected chi connectivity index (χ4v) is 4.52. The largest absolute Gasteiger partial charge is 0.0885 e. The topological polar surface area (TPSA) is 0 Å². The fraction of sp³-hybridized carbons (Fsp3) is 0.867. The first-order valence-corrected chi connectivity index (χ1v) is 14.0. The van der Waals surface area contributed by atoms with Crippen LogP contribution in [0.3, 0.4) is 0 Å². The van der Waals surface area contributed by atoms with Gasteiger partial charge in [-0.15, -0.1) is 0 Å². The minimum absolute atomic E-state index is 0.924. The van der Waals surface area contributed by atoms with Crippen molar-refractivity contribution in [3.8, 4) is 0 Å². The predicted molar refractivity (Wildman–Crippen MR) is 140 cm³/mol. The van der Waals surface area contributed by atoms with Crippen LogP contribution in [-0.2, 0) is 0 Å². The van der Waals surface area contributed by atoms with Crippen molar-refractivity contribution in [2.45, 2.75) is 161 Å². The van der Waals surface area contributed by atoms with E-state index in [-0.39, 0.29) is 0 Å². The van der Waals surface area contributed by atoms with Crippen molar-refractivity contribution < 1.29 is 0 Å². The van der Waals surface area contributed by atoms with Crippen LogP contribution in [0.15, 0.2) is 12.2 Å². The molecule has 0 heteroatoms. The molecule has 0 spiro atoms. The summed E-state index contributed by atoms with van der Waals surface area (Å²) in [5.41, 5.74) is 0. The molecule has 30 heavy (non-hydrogen) atoms. The quantitative estimate of drug-likeness (QED) is 0.129. The molecule has 0 heterocycles. The minimum Gasteiger partial charge on any atom is -0.0885 e. The summed E-state index contributed by atoms with van der Waals surface area (Å²) in [5, 5.41) is 0. The molecule has 1 unspecified atom stereocenters. The van der Waals surface area contributed by atoms with E-state index in [4.69, 9.17) is 0 Å². The molecule has 178 valence electrons. The number of unbranched alkanes of at least 4 members (excludes halogenated alkanes) is 20. The zero-order valence-electron chi connectivity index (χ0n) is 21.1. The Kier molecular flexibility index (Phi) is 26.5. The van der Waals surface area contributed by atoms with Gasteiger partial charge in [0.25, 0.3) is 0 Å².